The van der Waals surface area contributed by atoms with Crippen LogP contribution in [0.5, 0.6) is 0 Å². The number of methoxy groups -OCH3 is 1. The lowest BCUT2D eigenvalue weighted by Gasteiger charge is -2.43. The van der Waals surface area contributed by atoms with Crippen molar-refractivity contribution in [2.24, 2.45) is 0 Å². The second-order valence-corrected chi connectivity index (χ2v) is 9.51. The summed E-state index contributed by atoms with van der Waals surface area (Å²) < 4.78 is 27.6. The number of hydrogen-bond acceptors (Lipinski definition) is 11. The molecule has 4 heterocycles. The summed E-state index contributed by atoms with van der Waals surface area (Å²) in [7, 11) is 1.26. The average Bonchev–Trinajstić information content (AvgIpc) is 3.60. The summed E-state index contributed by atoms with van der Waals surface area (Å²) in [6, 6.07) is 5.76. The molecule has 1 amide bonds. The van der Waals surface area contributed by atoms with E-state index in [0.717, 1.165) is 39.1 Å². The number of nitrogens with one attached hydrogen (secondary N) is 3. The number of ether oxygens (including phenoxy) is 2. The largest absolute Gasteiger partial charge is 0.453 e. The van der Waals surface area contributed by atoms with Gasteiger partial charge in [-0.3, -0.25) is 14.6 Å². The zero-order valence-corrected chi connectivity index (χ0v) is 20.8. The fraction of sp³-hybridized carbons (Fsp3) is 0.458. The Bertz CT molecular complexity index is 1410. The minimum atomic E-state index is -0.668. The van der Waals surface area contributed by atoms with Crippen molar-refractivity contribution in [3.8, 4) is 6.07 Å². The lowest BCUT2D eigenvalue weighted by Crippen LogP contribution is -2.56. The number of piperazine rings is 1. The molecule has 0 radical (unpaired) electrons. The van der Waals surface area contributed by atoms with Gasteiger partial charge in [-0.15, -0.1) is 0 Å². The first kappa shape index (κ1) is 24.1. The number of carbonyl (C=O) groups is 1. The maximum atomic E-state index is 16.0. The van der Waals surface area contributed by atoms with Crippen molar-refractivity contribution >= 4 is 40.8 Å². The van der Waals surface area contributed by atoms with Crippen molar-refractivity contribution < 1.29 is 18.7 Å². The van der Waals surface area contributed by atoms with E-state index in [1.54, 1.807) is 16.7 Å². The van der Waals surface area contributed by atoms with Crippen LogP contribution in [0, 0.1) is 17.1 Å². The van der Waals surface area contributed by atoms with Crippen LogP contribution in [0.1, 0.15) is 18.5 Å². The van der Waals surface area contributed by atoms with Gasteiger partial charge in [-0.05, 0) is 25.0 Å². The zero-order chi connectivity index (χ0) is 26.2. The number of aromatic nitrogens is 4. The summed E-state index contributed by atoms with van der Waals surface area (Å²) in [5.41, 5.74) is 0.976. The predicted octanol–water partition coefficient (Wildman–Crippen LogP) is 2.15. The van der Waals surface area contributed by atoms with E-state index in [1.807, 2.05) is 11.0 Å². The molecule has 0 atom stereocenters. The third-order valence-corrected chi connectivity index (χ3v) is 6.88. The fourth-order valence-electron chi connectivity index (χ4n) is 4.55. The average molecular weight is 523 g/mol. The molecule has 0 bridgehead atoms. The standard InChI is InChI=1S/C24H27FN10O3/c1-37-24(36)29-15-8-18(20(25)19(9-15)34-6-4-33(5-7-34)17-12-38-13-17)30-21-31-22(27-14-2-3-14)35-11-16(10-26)28-23(35)32-21/h8-9,11,14,17H,2-7,12-13H2,1H3,(H,29,36)(H2,27,28,30,31,32). The number of nitrogens with zero attached hydrogens (tertiary/aromatic N) is 7. The molecule has 0 unspecified atom stereocenters. The highest BCUT2D eigenvalue weighted by atomic mass is 19.1. The van der Waals surface area contributed by atoms with Gasteiger partial charge in [0.25, 0.3) is 0 Å². The van der Waals surface area contributed by atoms with Gasteiger partial charge < -0.3 is 25.0 Å². The van der Waals surface area contributed by atoms with Crippen LogP contribution in [0.15, 0.2) is 18.3 Å². The van der Waals surface area contributed by atoms with Crippen molar-refractivity contribution in [1.29, 1.82) is 5.26 Å². The molecule has 0 spiro atoms. The van der Waals surface area contributed by atoms with Crippen molar-refractivity contribution in [3.63, 3.8) is 0 Å². The van der Waals surface area contributed by atoms with Gasteiger partial charge in [0.2, 0.25) is 17.7 Å². The molecule has 3 N–H and O–H groups in total. The Morgan fingerprint density at radius 2 is 1.97 bits per heavy atom. The van der Waals surface area contributed by atoms with E-state index in [-0.39, 0.29) is 29.1 Å². The minimum Gasteiger partial charge on any atom is -0.453 e. The van der Waals surface area contributed by atoms with E-state index in [4.69, 9.17) is 9.47 Å². The predicted molar refractivity (Wildman–Crippen MR) is 136 cm³/mol. The van der Waals surface area contributed by atoms with Gasteiger partial charge in [0.15, 0.2) is 11.5 Å². The molecular weight excluding hydrogens is 495 g/mol. The van der Waals surface area contributed by atoms with Crippen LogP contribution in [0.3, 0.4) is 0 Å². The number of carbonyl (C=O) groups excluding carboxylic acids is 1. The summed E-state index contributed by atoms with van der Waals surface area (Å²) in [6.07, 6.45) is 2.90. The molecular formula is C24H27FN10O3. The number of imidazole rings is 1. The van der Waals surface area contributed by atoms with Crippen molar-refractivity contribution in [1.82, 2.24) is 24.3 Å². The zero-order valence-electron chi connectivity index (χ0n) is 20.8. The summed E-state index contributed by atoms with van der Waals surface area (Å²) >= 11 is 0. The molecule has 2 aromatic heterocycles. The lowest BCUT2D eigenvalue weighted by atomic mass is 10.1. The highest BCUT2D eigenvalue weighted by molar-refractivity contribution is 5.87. The van der Waals surface area contributed by atoms with Crippen LogP contribution in [0.25, 0.3) is 5.78 Å². The van der Waals surface area contributed by atoms with Crippen LogP contribution in [0.4, 0.5) is 38.1 Å². The van der Waals surface area contributed by atoms with E-state index >= 15 is 4.39 Å². The van der Waals surface area contributed by atoms with Gasteiger partial charge >= 0.3 is 6.09 Å². The monoisotopic (exact) mass is 522 g/mol. The molecule has 3 aromatic rings. The van der Waals surface area contributed by atoms with Gasteiger partial charge in [-0.25, -0.2) is 9.18 Å². The molecule has 2 saturated heterocycles. The molecule has 198 valence electrons. The fourth-order valence-corrected chi connectivity index (χ4v) is 4.55. The Kier molecular flexibility index (Phi) is 6.30. The summed E-state index contributed by atoms with van der Waals surface area (Å²) in [4.78, 5) is 29.4. The van der Waals surface area contributed by atoms with Gasteiger partial charge in [0, 0.05) is 37.9 Å². The topological polar surface area (TPSA) is 145 Å². The van der Waals surface area contributed by atoms with Crippen LogP contribution in [0.2, 0.25) is 0 Å². The lowest BCUT2D eigenvalue weighted by molar-refractivity contribution is -0.0660. The second-order valence-electron chi connectivity index (χ2n) is 9.51. The molecule has 3 fully saturated rings. The van der Waals surface area contributed by atoms with Crippen molar-refractivity contribution in [2.45, 2.75) is 24.9 Å². The Labute approximate surface area is 217 Å². The van der Waals surface area contributed by atoms with Gasteiger partial charge in [0.05, 0.1) is 43.9 Å². The molecule has 14 heteroatoms. The Hall–Kier alpha value is -4.22. The number of hydrogen-bond donors (Lipinski definition) is 3. The first-order valence-electron chi connectivity index (χ1n) is 12.5. The maximum Gasteiger partial charge on any atom is 0.411 e. The molecule has 13 nitrogen and oxygen atoms in total. The second kappa shape index (κ2) is 9.92. The Morgan fingerprint density at radius 1 is 1.18 bits per heavy atom. The highest BCUT2D eigenvalue weighted by Crippen LogP contribution is 2.33. The maximum absolute atomic E-state index is 16.0. The number of benzene rings is 1. The van der Waals surface area contributed by atoms with E-state index in [0.29, 0.717) is 36.5 Å². The molecule has 3 aliphatic rings. The number of amides is 1. The molecule has 1 saturated carbocycles. The van der Waals surface area contributed by atoms with Crippen LogP contribution >= 0.6 is 0 Å². The first-order chi connectivity index (χ1) is 18.5. The van der Waals surface area contributed by atoms with E-state index in [1.165, 1.54) is 13.2 Å². The van der Waals surface area contributed by atoms with Crippen LogP contribution < -0.4 is 20.9 Å². The number of anilines is 5. The van der Waals surface area contributed by atoms with Crippen molar-refractivity contribution in [3.05, 3.63) is 29.8 Å². The molecule has 1 aromatic carbocycles. The molecule has 2 aliphatic heterocycles. The Balaban J connectivity index is 1.32. The van der Waals surface area contributed by atoms with E-state index < -0.39 is 11.9 Å². The van der Waals surface area contributed by atoms with Gasteiger partial charge in [-0.1, -0.05) is 0 Å². The number of halogens is 1. The first-order valence-corrected chi connectivity index (χ1v) is 12.5. The molecule has 6 rings (SSSR count). The van der Waals surface area contributed by atoms with Gasteiger partial charge in [0.1, 0.15) is 6.07 Å². The highest BCUT2D eigenvalue weighted by Gasteiger charge is 2.30. The molecule has 1 aliphatic carbocycles. The number of rotatable bonds is 7. The molecule has 38 heavy (non-hydrogen) atoms. The van der Waals surface area contributed by atoms with E-state index in [2.05, 4.69) is 35.8 Å². The third kappa shape index (κ3) is 4.85. The van der Waals surface area contributed by atoms with E-state index in [9.17, 15) is 10.1 Å². The van der Waals surface area contributed by atoms with Crippen LogP contribution in [-0.2, 0) is 9.47 Å². The SMILES string of the molecule is COC(=O)Nc1cc(Nc2nc(NC3CC3)n3cc(C#N)nc3n2)c(F)c(N2CCN(C3COC3)CC2)c1. The smallest absolute Gasteiger partial charge is 0.411 e. The minimum absolute atomic E-state index is 0.0810. The summed E-state index contributed by atoms with van der Waals surface area (Å²) in [6.45, 7) is 4.27. The van der Waals surface area contributed by atoms with Crippen LogP contribution in [-0.4, -0.2) is 88.9 Å². The Morgan fingerprint density at radius 3 is 2.63 bits per heavy atom. The third-order valence-electron chi connectivity index (χ3n) is 6.88. The normalized spacial score (nSPS) is 18.1. The number of nitriles is 1. The number of fused-ring (bicyclic) bond motifs is 1. The van der Waals surface area contributed by atoms with Crippen molar-refractivity contribution in [2.75, 3.05) is 67.4 Å². The quantitative estimate of drug-likeness (QED) is 0.420. The van der Waals surface area contributed by atoms with Gasteiger partial charge in [-0.2, -0.15) is 20.2 Å². The summed E-state index contributed by atoms with van der Waals surface area (Å²) in [5, 5.41) is 18.2. The summed E-state index contributed by atoms with van der Waals surface area (Å²) in [5.74, 6) is 0.310.